The summed E-state index contributed by atoms with van der Waals surface area (Å²) in [5.74, 6) is 0.850. The third-order valence-electron chi connectivity index (χ3n) is 4.69. The molecule has 0 aromatic heterocycles. The first-order valence-electron chi connectivity index (χ1n) is 9.58. The third kappa shape index (κ3) is 4.15. The summed E-state index contributed by atoms with van der Waals surface area (Å²) < 4.78 is 21.8. The van der Waals surface area contributed by atoms with Gasteiger partial charge in [0.05, 0.1) is 25.9 Å². The molecule has 0 saturated carbocycles. The molecule has 1 amide bonds. The highest BCUT2D eigenvalue weighted by Gasteiger charge is 2.16. The second-order valence-electron chi connectivity index (χ2n) is 6.70. The number of rotatable bonds is 5. The number of hydrogen-bond acceptors (Lipinski definition) is 6. The van der Waals surface area contributed by atoms with Crippen LogP contribution in [0.15, 0.2) is 54.6 Å². The van der Waals surface area contributed by atoms with E-state index >= 15 is 0 Å². The maximum atomic E-state index is 12.6. The summed E-state index contributed by atoms with van der Waals surface area (Å²) in [4.78, 5) is 24.8. The van der Waals surface area contributed by atoms with E-state index in [1.807, 2.05) is 24.3 Å². The lowest BCUT2D eigenvalue weighted by molar-refractivity contribution is -0.119. The van der Waals surface area contributed by atoms with Crippen LogP contribution in [0.2, 0.25) is 0 Å². The second kappa shape index (κ2) is 8.73. The zero-order valence-electron chi connectivity index (χ0n) is 16.5. The van der Waals surface area contributed by atoms with Gasteiger partial charge in [0.25, 0.3) is 5.91 Å². The van der Waals surface area contributed by atoms with Gasteiger partial charge in [-0.25, -0.2) is 4.79 Å². The van der Waals surface area contributed by atoms with Crippen LogP contribution in [-0.2, 0) is 9.53 Å². The van der Waals surface area contributed by atoms with Crippen LogP contribution < -0.4 is 19.5 Å². The van der Waals surface area contributed by atoms with E-state index in [1.54, 1.807) is 37.4 Å². The number of anilines is 1. The molecule has 1 N–H and O–H groups in total. The maximum absolute atomic E-state index is 12.6. The first kappa shape index (κ1) is 19.6. The van der Waals surface area contributed by atoms with Gasteiger partial charge in [0.2, 0.25) is 0 Å². The normalized spacial score (nSPS) is 12.7. The van der Waals surface area contributed by atoms with Crippen molar-refractivity contribution in [1.82, 2.24) is 0 Å². The van der Waals surface area contributed by atoms with Gasteiger partial charge in [0.15, 0.2) is 18.1 Å². The minimum atomic E-state index is -0.581. The van der Waals surface area contributed by atoms with Crippen molar-refractivity contribution in [2.75, 3.05) is 32.2 Å². The Bertz CT molecular complexity index is 1090. The summed E-state index contributed by atoms with van der Waals surface area (Å²) >= 11 is 0. The van der Waals surface area contributed by atoms with Crippen molar-refractivity contribution in [2.45, 2.75) is 6.42 Å². The van der Waals surface area contributed by atoms with Crippen LogP contribution in [0.3, 0.4) is 0 Å². The van der Waals surface area contributed by atoms with E-state index in [0.717, 1.165) is 11.8 Å². The predicted molar refractivity (Wildman–Crippen MR) is 111 cm³/mol. The van der Waals surface area contributed by atoms with Crippen LogP contribution in [0, 0.1) is 0 Å². The third-order valence-corrected chi connectivity index (χ3v) is 4.69. The zero-order chi connectivity index (χ0) is 20.9. The molecule has 0 radical (unpaired) electrons. The van der Waals surface area contributed by atoms with Crippen LogP contribution in [0.1, 0.15) is 16.8 Å². The minimum absolute atomic E-state index is 0.370. The topological polar surface area (TPSA) is 83.1 Å². The summed E-state index contributed by atoms with van der Waals surface area (Å²) in [5.41, 5.74) is 0.907. The zero-order valence-corrected chi connectivity index (χ0v) is 16.5. The fourth-order valence-corrected chi connectivity index (χ4v) is 3.27. The lowest BCUT2D eigenvalue weighted by atomic mass is 10.0. The first-order chi connectivity index (χ1) is 14.7. The molecule has 0 aliphatic carbocycles. The molecular weight excluding hydrogens is 386 g/mol. The number of esters is 1. The highest BCUT2D eigenvalue weighted by atomic mass is 16.5. The van der Waals surface area contributed by atoms with Crippen LogP contribution in [-0.4, -0.2) is 38.8 Å². The molecule has 0 saturated heterocycles. The Morgan fingerprint density at radius 1 is 0.967 bits per heavy atom. The first-order valence-corrected chi connectivity index (χ1v) is 9.58. The predicted octanol–water partition coefficient (Wildman–Crippen LogP) is 3.81. The number of methoxy groups -OCH3 is 1. The van der Waals surface area contributed by atoms with E-state index in [0.29, 0.717) is 47.1 Å². The Kier molecular flexibility index (Phi) is 5.70. The molecule has 30 heavy (non-hydrogen) atoms. The average Bonchev–Trinajstić information content (AvgIpc) is 3.01. The summed E-state index contributed by atoms with van der Waals surface area (Å²) in [7, 11) is 1.57. The number of hydrogen-bond donors (Lipinski definition) is 1. The van der Waals surface area contributed by atoms with Crippen molar-refractivity contribution >= 4 is 28.3 Å². The standard InChI is InChI=1S/C23H21NO6/c1-27-19-10-8-18(16-5-2-3-6-17(16)19)23(26)30-14-22(25)24-15-7-9-20-21(13-15)29-12-4-11-28-20/h2-3,5-10,13H,4,11-12,14H2,1H3,(H,24,25). The summed E-state index contributed by atoms with van der Waals surface area (Å²) in [5, 5.41) is 4.20. The molecular formula is C23H21NO6. The van der Waals surface area contributed by atoms with Gasteiger partial charge in [-0.2, -0.15) is 0 Å². The Hall–Kier alpha value is -3.74. The highest BCUT2D eigenvalue weighted by Crippen LogP contribution is 2.32. The van der Waals surface area contributed by atoms with Gasteiger partial charge in [-0.15, -0.1) is 0 Å². The summed E-state index contributed by atoms with van der Waals surface area (Å²) in [6.45, 7) is 0.736. The van der Waals surface area contributed by atoms with Crippen molar-refractivity contribution in [3.63, 3.8) is 0 Å². The van der Waals surface area contributed by atoms with Gasteiger partial charge in [-0.05, 0) is 29.7 Å². The van der Waals surface area contributed by atoms with Crippen molar-refractivity contribution < 1.29 is 28.5 Å². The minimum Gasteiger partial charge on any atom is -0.496 e. The van der Waals surface area contributed by atoms with Crippen molar-refractivity contribution in [2.24, 2.45) is 0 Å². The van der Waals surface area contributed by atoms with E-state index in [-0.39, 0.29) is 0 Å². The molecule has 1 aliphatic rings. The summed E-state index contributed by atoms with van der Waals surface area (Å²) in [6.07, 6.45) is 0.798. The monoisotopic (exact) mass is 407 g/mol. The number of benzene rings is 3. The molecule has 4 rings (SSSR count). The number of carbonyl (C=O) groups is 2. The fourth-order valence-electron chi connectivity index (χ4n) is 3.27. The number of ether oxygens (including phenoxy) is 4. The van der Waals surface area contributed by atoms with E-state index in [4.69, 9.17) is 18.9 Å². The van der Waals surface area contributed by atoms with Gasteiger partial charge in [0, 0.05) is 23.6 Å². The molecule has 0 spiro atoms. The number of fused-ring (bicyclic) bond motifs is 2. The smallest absolute Gasteiger partial charge is 0.339 e. The molecule has 3 aromatic rings. The molecule has 0 unspecified atom stereocenters. The lowest BCUT2D eigenvalue weighted by Crippen LogP contribution is -2.21. The molecule has 0 bridgehead atoms. The Labute approximate surface area is 173 Å². The number of nitrogens with one attached hydrogen (secondary N) is 1. The maximum Gasteiger partial charge on any atom is 0.339 e. The number of carbonyl (C=O) groups excluding carboxylic acids is 2. The molecule has 7 nitrogen and oxygen atoms in total. The second-order valence-corrected chi connectivity index (χ2v) is 6.70. The van der Waals surface area contributed by atoms with Crippen LogP contribution >= 0.6 is 0 Å². The van der Waals surface area contributed by atoms with Crippen molar-refractivity contribution in [1.29, 1.82) is 0 Å². The van der Waals surface area contributed by atoms with Gasteiger partial charge in [-0.1, -0.05) is 24.3 Å². The molecule has 1 aliphatic heterocycles. The van der Waals surface area contributed by atoms with E-state index in [1.165, 1.54) is 0 Å². The summed E-state index contributed by atoms with van der Waals surface area (Å²) in [6, 6.07) is 15.8. The van der Waals surface area contributed by atoms with Crippen LogP contribution in [0.4, 0.5) is 5.69 Å². The molecule has 1 heterocycles. The van der Waals surface area contributed by atoms with Gasteiger partial charge in [-0.3, -0.25) is 4.79 Å². The quantitative estimate of drug-likeness (QED) is 0.648. The van der Waals surface area contributed by atoms with E-state index < -0.39 is 18.5 Å². The van der Waals surface area contributed by atoms with Crippen molar-refractivity contribution in [3.05, 3.63) is 60.2 Å². The SMILES string of the molecule is COc1ccc(C(=O)OCC(=O)Nc2ccc3c(c2)OCCCO3)c2ccccc12. The Morgan fingerprint density at radius 2 is 1.73 bits per heavy atom. The Morgan fingerprint density at radius 3 is 2.53 bits per heavy atom. The van der Waals surface area contributed by atoms with Gasteiger partial charge >= 0.3 is 5.97 Å². The van der Waals surface area contributed by atoms with Crippen LogP contribution in [0.5, 0.6) is 17.2 Å². The van der Waals surface area contributed by atoms with Gasteiger partial charge < -0.3 is 24.3 Å². The van der Waals surface area contributed by atoms with Crippen LogP contribution in [0.25, 0.3) is 10.8 Å². The molecule has 0 fully saturated rings. The van der Waals surface area contributed by atoms with E-state index in [2.05, 4.69) is 5.32 Å². The molecule has 0 atom stereocenters. The molecule has 7 heteroatoms. The Balaban J connectivity index is 1.42. The average molecular weight is 407 g/mol. The largest absolute Gasteiger partial charge is 0.496 e. The van der Waals surface area contributed by atoms with E-state index in [9.17, 15) is 9.59 Å². The van der Waals surface area contributed by atoms with Gasteiger partial charge in [0.1, 0.15) is 5.75 Å². The van der Waals surface area contributed by atoms with Crippen molar-refractivity contribution in [3.8, 4) is 17.2 Å². The highest BCUT2D eigenvalue weighted by molar-refractivity contribution is 6.07. The molecule has 154 valence electrons. The lowest BCUT2D eigenvalue weighted by Gasteiger charge is -2.12. The fraction of sp³-hybridized carbons (Fsp3) is 0.217. The molecule has 3 aromatic carbocycles. The number of amides is 1.